The minimum Gasteiger partial charge on any atom is -0.348 e. The van der Waals surface area contributed by atoms with E-state index >= 15 is 0 Å². The van der Waals surface area contributed by atoms with Crippen molar-refractivity contribution in [3.8, 4) is 17.1 Å². The van der Waals surface area contributed by atoms with Gasteiger partial charge in [-0.15, -0.1) is 21.5 Å². The first-order valence-corrected chi connectivity index (χ1v) is 15.6. The van der Waals surface area contributed by atoms with Gasteiger partial charge in [-0.3, -0.25) is 19.2 Å². The maximum absolute atomic E-state index is 13.0. The fourth-order valence-electron chi connectivity index (χ4n) is 4.92. The lowest BCUT2D eigenvalue weighted by Gasteiger charge is -2.32. The number of nitrogens with one attached hydrogen (secondary N) is 1. The van der Waals surface area contributed by atoms with Gasteiger partial charge in [0.15, 0.2) is 11.0 Å². The van der Waals surface area contributed by atoms with Crippen molar-refractivity contribution in [3.63, 3.8) is 0 Å². The summed E-state index contributed by atoms with van der Waals surface area (Å²) in [5.74, 6) is 1.26. The van der Waals surface area contributed by atoms with E-state index in [4.69, 9.17) is 0 Å². The summed E-state index contributed by atoms with van der Waals surface area (Å²) in [6, 6.07) is 22.9. The third-order valence-electron chi connectivity index (χ3n) is 7.14. The van der Waals surface area contributed by atoms with Gasteiger partial charge < -0.3 is 5.32 Å². The molecule has 1 saturated heterocycles. The number of rotatable bonds is 9. The lowest BCUT2D eigenvalue weighted by molar-refractivity contribution is 0.0904. The number of carbonyl (C=O) groups excluding carboxylic acids is 1. The highest BCUT2D eigenvalue weighted by atomic mass is 32.2. The van der Waals surface area contributed by atoms with Crippen LogP contribution in [0.25, 0.3) is 17.1 Å². The molecule has 1 fully saturated rings. The van der Waals surface area contributed by atoms with Gasteiger partial charge in [-0.2, -0.15) is 0 Å². The zero-order valence-corrected chi connectivity index (χ0v) is 24.4. The highest BCUT2D eigenvalue weighted by Crippen LogP contribution is 2.30. The summed E-state index contributed by atoms with van der Waals surface area (Å²) in [5.41, 5.74) is 4.93. The number of amides is 1. The average Bonchev–Trinajstić information content (AvgIpc) is 3.66. The van der Waals surface area contributed by atoms with Crippen LogP contribution in [0.2, 0.25) is 0 Å². The van der Waals surface area contributed by atoms with Gasteiger partial charge in [0.05, 0.1) is 5.75 Å². The molecule has 3 aromatic heterocycles. The molecule has 6 rings (SSSR count). The fraction of sp³-hybridized carbons (Fsp3) is 0.258. The maximum Gasteiger partial charge on any atom is 0.270 e. The Bertz CT molecular complexity index is 1580. The van der Waals surface area contributed by atoms with Crippen LogP contribution in [0.5, 0.6) is 0 Å². The quantitative estimate of drug-likeness (QED) is 0.221. The molecule has 0 atom stereocenters. The minimum atomic E-state index is -0.0956. The molecule has 8 nitrogen and oxygen atoms in total. The fourth-order valence-corrected chi connectivity index (χ4v) is 6.67. The van der Waals surface area contributed by atoms with Gasteiger partial charge in [-0.05, 0) is 49.6 Å². The summed E-state index contributed by atoms with van der Waals surface area (Å²) in [6.07, 6.45) is 5.40. The molecule has 0 saturated carbocycles. The molecule has 0 spiro atoms. The van der Waals surface area contributed by atoms with Crippen LogP contribution >= 0.6 is 23.1 Å². The predicted octanol–water partition coefficient (Wildman–Crippen LogP) is 5.78. The molecule has 0 aliphatic carbocycles. The number of aromatic nitrogens is 5. The van der Waals surface area contributed by atoms with Gasteiger partial charge in [0.2, 0.25) is 0 Å². The molecule has 1 N–H and O–H groups in total. The molecule has 10 heteroatoms. The van der Waals surface area contributed by atoms with E-state index in [2.05, 4.69) is 90.4 Å². The third-order valence-corrected chi connectivity index (χ3v) is 9.12. The van der Waals surface area contributed by atoms with E-state index in [1.54, 1.807) is 24.2 Å². The van der Waals surface area contributed by atoms with Crippen molar-refractivity contribution >= 4 is 29.0 Å². The molecular weight excluding hydrogens is 551 g/mol. The molecule has 0 radical (unpaired) electrons. The predicted molar refractivity (Wildman–Crippen MR) is 163 cm³/mol. The van der Waals surface area contributed by atoms with Crippen LogP contribution in [0.15, 0.2) is 89.7 Å². The summed E-state index contributed by atoms with van der Waals surface area (Å²) in [6.45, 7) is 4.97. The summed E-state index contributed by atoms with van der Waals surface area (Å²) in [4.78, 5) is 24.2. The van der Waals surface area contributed by atoms with Crippen LogP contribution in [0, 0.1) is 6.92 Å². The number of likely N-dealkylation sites (tertiary alicyclic amines) is 1. The second-order valence-electron chi connectivity index (χ2n) is 10.1. The number of hydrogen-bond donors (Lipinski definition) is 1. The number of thiazole rings is 1. The Morgan fingerprint density at radius 2 is 1.76 bits per heavy atom. The highest BCUT2D eigenvalue weighted by Gasteiger charge is 2.23. The molecule has 4 heterocycles. The largest absolute Gasteiger partial charge is 0.348 e. The second kappa shape index (κ2) is 12.8. The molecule has 208 valence electrons. The van der Waals surface area contributed by atoms with Gasteiger partial charge in [0.25, 0.3) is 5.91 Å². The Morgan fingerprint density at radius 3 is 2.51 bits per heavy atom. The number of carbonyl (C=O) groups is 1. The molecule has 1 aliphatic heterocycles. The van der Waals surface area contributed by atoms with Crippen molar-refractivity contribution in [1.29, 1.82) is 0 Å². The van der Waals surface area contributed by atoms with Crippen molar-refractivity contribution in [2.75, 3.05) is 13.1 Å². The first-order valence-electron chi connectivity index (χ1n) is 13.7. The summed E-state index contributed by atoms with van der Waals surface area (Å²) in [5, 5.41) is 15.7. The summed E-state index contributed by atoms with van der Waals surface area (Å²) in [7, 11) is 0. The Labute approximate surface area is 247 Å². The summed E-state index contributed by atoms with van der Waals surface area (Å²) >= 11 is 3.06. The van der Waals surface area contributed by atoms with E-state index < -0.39 is 0 Å². The molecule has 0 bridgehead atoms. The van der Waals surface area contributed by atoms with Crippen molar-refractivity contribution in [1.82, 2.24) is 34.9 Å². The first kappa shape index (κ1) is 27.3. The van der Waals surface area contributed by atoms with E-state index in [-0.39, 0.29) is 11.9 Å². The standard InChI is InChI=1S/C31H31N7OS2/c1-22-7-9-26(10-8-22)38-29(24-11-15-32-16-12-24)35-36-31(38)41-21-28-34-27(20-40-28)30(39)33-25-13-17-37(18-14-25)19-23-5-3-2-4-6-23/h2-12,15-16,20,25H,13-14,17-19,21H2,1H3,(H,33,39). The number of piperidine rings is 1. The number of benzene rings is 2. The molecule has 5 aromatic rings. The van der Waals surface area contributed by atoms with Gasteiger partial charge >= 0.3 is 0 Å². The van der Waals surface area contributed by atoms with Crippen LogP contribution in [0.1, 0.15) is 39.5 Å². The van der Waals surface area contributed by atoms with Gasteiger partial charge in [-0.25, -0.2) is 4.98 Å². The molecule has 1 aliphatic rings. The Hall–Kier alpha value is -3.86. The summed E-state index contributed by atoms with van der Waals surface area (Å²) < 4.78 is 2.06. The lowest BCUT2D eigenvalue weighted by atomic mass is 10.0. The van der Waals surface area contributed by atoms with Gasteiger partial charge in [0, 0.05) is 54.7 Å². The van der Waals surface area contributed by atoms with Gasteiger partial charge in [0.1, 0.15) is 10.7 Å². The second-order valence-corrected chi connectivity index (χ2v) is 12.0. The topological polar surface area (TPSA) is 88.8 Å². The molecule has 41 heavy (non-hydrogen) atoms. The third kappa shape index (κ3) is 6.73. The lowest BCUT2D eigenvalue weighted by Crippen LogP contribution is -2.44. The Balaban J connectivity index is 1.07. The Kier molecular flexibility index (Phi) is 8.50. The number of nitrogens with zero attached hydrogens (tertiary/aromatic N) is 6. The Morgan fingerprint density at radius 1 is 1.00 bits per heavy atom. The number of aryl methyl sites for hydroxylation is 1. The minimum absolute atomic E-state index is 0.0956. The monoisotopic (exact) mass is 581 g/mol. The van der Waals surface area contributed by atoms with Crippen molar-refractivity contribution in [3.05, 3.63) is 106 Å². The van der Waals surface area contributed by atoms with E-state index in [1.165, 1.54) is 22.5 Å². The van der Waals surface area contributed by atoms with Crippen molar-refractivity contribution in [2.45, 2.75) is 43.3 Å². The van der Waals surface area contributed by atoms with E-state index in [1.807, 2.05) is 23.6 Å². The van der Waals surface area contributed by atoms with Crippen molar-refractivity contribution < 1.29 is 4.79 Å². The zero-order chi connectivity index (χ0) is 28.0. The zero-order valence-electron chi connectivity index (χ0n) is 22.8. The molecule has 0 unspecified atom stereocenters. The average molecular weight is 582 g/mol. The SMILES string of the molecule is Cc1ccc(-n2c(SCc3nc(C(=O)NC4CCN(Cc5ccccc5)CC4)cs3)nnc2-c2ccncc2)cc1. The number of hydrogen-bond acceptors (Lipinski definition) is 8. The molecule has 1 amide bonds. The van der Waals surface area contributed by atoms with Crippen LogP contribution in [0.3, 0.4) is 0 Å². The smallest absolute Gasteiger partial charge is 0.270 e. The highest BCUT2D eigenvalue weighted by molar-refractivity contribution is 7.98. The normalized spacial score (nSPS) is 14.3. The number of thioether (sulfide) groups is 1. The van der Waals surface area contributed by atoms with E-state index in [0.717, 1.165) is 59.7 Å². The molecule has 2 aromatic carbocycles. The maximum atomic E-state index is 13.0. The van der Waals surface area contributed by atoms with Crippen molar-refractivity contribution in [2.24, 2.45) is 0 Å². The van der Waals surface area contributed by atoms with Crippen LogP contribution in [0.4, 0.5) is 0 Å². The number of pyridine rings is 1. The first-order chi connectivity index (χ1) is 20.1. The van der Waals surface area contributed by atoms with Crippen LogP contribution in [-0.2, 0) is 12.3 Å². The van der Waals surface area contributed by atoms with Gasteiger partial charge in [-0.1, -0.05) is 59.8 Å². The van der Waals surface area contributed by atoms with E-state index in [0.29, 0.717) is 11.4 Å². The van der Waals surface area contributed by atoms with Crippen LogP contribution in [-0.4, -0.2) is 54.7 Å². The van der Waals surface area contributed by atoms with E-state index in [9.17, 15) is 4.79 Å². The van der Waals surface area contributed by atoms with Crippen LogP contribution < -0.4 is 5.32 Å². The molecular formula is C31H31N7OS2.